The molecule has 5 heteroatoms. The first-order chi connectivity index (χ1) is 11.1. The quantitative estimate of drug-likeness (QED) is 0.538. The van der Waals surface area contributed by atoms with Crippen LogP contribution in [0, 0.1) is 0 Å². The third-order valence-corrected chi connectivity index (χ3v) is 3.33. The van der Waals surface area contributed by atoms with Crippen LogP contribution in [-0.2, 0) is 20.8 Å². The molecule has 0 aliphatic rings. The van der Waals surface area contributed by atoms with Crippen molar-refractivity contribution in [2.24, 2.45) is 0 Å². The summed E-state index contributed by atoms with van der Waals surface area (Å²) >= 11 is 0. The lowest BCUT2D eigenvalue weighted by Crippen LogP contribution is -2.49. The molecule has 23 heavy (non-hydrogen) atoms. The van der Waals surface area contributed by atoms with E-state index in [4.69, 9.17) is 0 Å². The summed E-state index contributed by atoms with van der Waals surface area (Å²) in [5.41, 5.74) is 1.09. The lowest BCUT2D eigenvalue weighted by molar-refractivity contribution is -0.129. The van der Waals surface area contributed by atoms with Gasteiger partial charge in [-0.05, 0) is 32.3 Å². The van der Waals surface area contributed by atoms with E-state index in [-0.39, 0.29) is 18.2 Å². The van der Waals surface area contributed by atoms with Gasteiger partial charge in [0.15, 0.2) is 0 Å². The number of hydrogen-bond donors (Lipinski definition) is 2. The smallest absolute Gasteiger partial charge is 0.243 e. The molecule has 0 radical (unpaired) electrons. The van der Waals surface area contributed by atoms with E-state index in [1.54, 1.807) is 19.1 Å². The molecule has 2 N–H and O–H groups in total. The molecule has 2 amide bonds. The summed E-state index contributed by atoms with van der Waals surface area (Å²) in [5.74, 6) is -0.551. The Hall–Kier alpha value is -2.43. The first kappa shape index (κ1) is 18.6. The van der Waals surface area contributed by atoms with Gasteiger partial charge in [-0.2, -0.15) is 0 Å². The molecule has 0 aromatic heterocycles. The zero-order valence-corrected chi connectivity index (χ0v) is 13.6. The maximum absolute atomic E-state index is 12.2. The van der Waals surface area contributed by atoms with Crippen molar-refractivity contribution in [1.82, 2.24) is 10.6 Å². The zero-order chi connectivity index (χ0) is 17.1. The highest BCUT2D eigenvalue weighted by Gasteiger charge is 2.21. The number of carbonyl (C=O) groups is 3. The maximum atomic E-state index is 12.2. The SMILES string of the molecule is CC=CCC(=O)NC(CCc1ccccc1)C(=O)NC(C)C=O. The molecular formula is C18H24N2O3. The van der Waals surface area contributed by atoms with Crippen LogP contribution in [0.2, 0.25) is 0 Å². The van der Waals surface area contributed by atoms with Gasteiger partial charge in [0, 0.05) is 6.42 Å². The van der Waals surface area contributed by atoms with Gasteiger partial charge < -0.3 is 15.4 Å². The standard InChI is InChI=1S/C18H24N2O3/c1-3-4-10-17(22)20-16(18(23)19-14(2)13-21)12-11-15-8-6-5-7-9-15/h3-9,13-14,16H,10-12H2,1-2H3,(H,19,23)(H,20,22). The van der Waals surface area contributed by atoms with Crippen molar-refractivity contribution in [3.63, 3.8) is 0 Å². The molecule has 0 fully saturated rings. The second-order valence-corrected chi connectivity index (χ2v) is 5.35. The van der Waals surface area contributed by atoms with Gasteiger partial charge >= 0.3 is 0 Å². The average Bonchev–Trinajstić information content (AvgIpc) is 2.57. The van der Waals surface area contributed by atoms with Crippen molar-refractivity contribution in [3.8, 4) is 0 Å². The minimum absolute atomic E-state index is 0.213. The Morgan fingerprint density at radius 2 is 1.87 bits per heavy atom. The molecule has 0 saturated heterocycles. The largest absolute Gasteiger partial charge is 0.345 e. The molecule has 0 saturated carbocycles. The number of aryl methyl sites for hydroxylation is 1. The Kier molecular flexibility index (Phi) is 8.36. The Balaban J connectivity index is 2.68. The topological polar surface area (TPSA) is 75.3 Å². The van der Waals surface area contributed by atoms with Crippen molar-refractivity contribution in [2.75, 3.05) is 0 Å². The highest BCUT2D eigenvalue weighted by Crippen LogP contribution is 2.06. The normalized spacial score (nSPS) is 13.3. The van der Waals surface area contributed by atoms with Gasteiger partial charge in [-0.3, -0.25) is 9.59 Å². The van der Waals surface area contributed by atoms with Crippen LogP contribution in [0.4, 0.5) is 0 Å². The summed E-state index contributed by atoms with van der Waals surface area (Å²) in [6, 6.07) is 8.52. The van der Waals surface area contributed by atoms with Crippen molar-refractivity contribution >= 4 is 18.1 Å². The molecular weight excluding hydrogens is 292 g/mol. The Labute approximate surface area is 137 Å². The fourth-order valence-corrected chi connectivity index (χ4v) is 2.06. The fourth-order valence-electron chi connectivity index (χ4n) is 2.06. The zero-order valence-electron chi connectivity index (χ0n) is 13.6. The van der Waals surface area contributed by atoms with Gasteiger partial charge in [-0.1, -0.05) is 42.5 Å². The van der Waals surface area contributed by atoms with Crippen molar-refractivity contribution in [2.45, 2.75) is 45.2 Å². The molecule has 0 heterocycles. The molecule has 0 aliphatic heterocycles. The number of carbonyl (C=O) groups excluding carboxylic acids is 3. The lowest BCUT2D eigenvalue weighted by Gasteiger charge is -2.19. The molecule has 0 spiro atoms. The van der Waals surface area contributed by atoms with Gasteiger partial charge in [0.2, 0.25) is 11.8 Å². The predicted octanol–water partition coefficient (Wildman–Crippen LogP) is 1.77. The second-order valence-electron chi connectivity index (χ2n) is 5.35. The molecule has 2 atom stereocenters. The minimum Gasteiger partial charge on any atom is -0.345 e. The summed E-state index contributed by atoms with van der Waals surface area (Å²) in [4.78, 5) is 34.8. The van der Waals surface area contributed by atoms with E-state index in [1.165, 1.54) is 0 Å². The van der Waals surface area contributed by atoms with Crippen LogP contribution in [0.15, 0.2) is 42.5 Å². The van der Waals surface area contributed by atoms with Crippen LogP contribution in [0.3, 0.4) is 0 Å². The van der Waals surface area contributed by atoms with E-state index in [2.05, 4.69) is 10.6 Å². The van der Waals surface area contributed by atoms with Crippen LogP contribution in [0.5, 0.6) is 0 Å². The van der Waals surface area contributed by atoms with Crippen LogP contribution < -0.4 is 10.6 Å². The van der Waals surface area contributed by atoms with Crippen molar-refractivity contribution in [3.05, 3.63) is 48.0 Å². The van der Waals surface area contributed by atoms with E-state index in [0.717, 1.165) is 5.56 Å². The molecule has 2 unspecified atom stereocenters. The number of benzene rings is 1. The predicted molar refractivity (Wildman–Crippen MR) is 89.8 cm³/mol. The summed E-state index contributed by atoms with van der Waals surface area (Å²) in [5, 5.41) is 5.32. The number of aldehydes is 1. The van der Waals surface area contributed by atoms with Crippen LogP contribution >= 0.6 is 0 Å². The molecule has 1 aromatic carbocycles. The molecule has 1 aromatic rings. The number of hydrogen-bond acceptors (Lipinski definition) is 3. The Morgan fingerprint density at radius 1 is 1.17 bits per heavy atom. The monoisotopic (exact) mass is 316 g/mol. The molecule has 0 bridgehead atoms. The molecule has 1 rings (SSSR count). The number of allylic oxidation sites excluding steroid dienone is 1. The highest BCUT2D eigenvalue weighted by atomic mass is 16.2. The maximum Gasteiger partial charge on any atom is 0.243 e. The van der Waals surface area contributed by atoms with E-state index < -0.39 is 12.1 Å². The van der Waals surface area contributed by atoms with Gasteiger partial charge in [0.05, 0.1) is 6.04 Å². The molecule has 0 aliphatic carbocycles. The summed E-state index contributed by atoms with van der Waals surface area (Å²) in [6.07, 6.45) is 5.55. The minimum atomic E-state index is -0.657. The van der Waals surface area contributed by atoms with E-state index in [0.29, 0.717) is 19.1 Å². The fraction of sp³-hybridized carbons (Fsp3) is 0.389. The Bertz CT molecular complexity index is 540. The third-order valence-electron chi connectivity index (χ3n) is 3.33. The summed E-state index contributed by atoms with van der Waals surface area (Å²) < 4.78 is 0. The van der Waals surface area contributed by atoms with Gasteiger partial charge in [-0.25, -0.2) is 0 Å². The first-order valence-corrected chi connectivity index (χ1v) is 7.77. The van der Waals surface area contributed by atoms with E-state index in [1.807, 2.05) is 37.3 Å². The number of nitrogens with one attached hydrogen (secondary N) is 2. The van der Waals surface area contributed by atoms with E-state index in [9.17, 15) is 14.4 Å². The van der Waals surface area contributed by atoms with Crippen LogP contribution in [-0.4, -0.2) is 30.2 Å². The van der Waals surface area contributed by atoms with Crippen molar-refractivity contribution < 1.29 is 14.4 Å². The molecule has 124 valence electrons. The third kappa shape index (κ3) is 7.40. The van der Waals surface area contributed by atoms with Crippen molar-refractivity contribution in [1.29, 1.82) is 0 Å². The number of amides is 2. The molecule has 5 nitrogen and oxygen atoms in total. The van der Waals surface area contributed by atoms with Gasteiger partial charge in [0.25, 0.3) is 0 Å². The van der Waals surface area contributed by atoms with Crippen LogP contribution in [0.25, 0.3) is 0 Å². The number of rotatable bonds is 9. The summed E-state index contributed by atoms with van der Waals surface area (Å²) in [6.45, 7) is 3.43. The lowest BCUT2D eigenvalue weighted by atomic mass is 10.0. The highest BCUT2D eigenvalue weighted by molar-refractivity contribution is 5.89. The van der Waals surface area contributed by atoms with Crippen LogP contribution in [0.1, 0.15) is 32.3 Å². The second kappa shape index (κ2) is 10.3. The van der Waals surface area contributed by atoms with Gasteiger partial charge in [0.1, 0.15) is 12.3 Å². The van der Waals surface area contributed by atoms with Gasteiger partial charge in [-0.15, -0.1) is 0 Å². The Morgan fingerprint density at radius 3 is 2.48 bits per heavy atom. The summed E-state index contributed by atoms with van der Waals surface area (Å²) in [7, 11) is 0. The average molecular weight is 316 g/mol. The first-order valence-electron chi connectivity index (χ1n) is 7.77. The van der Waals surface area contributed by atoms with E-state index >= 15 is 0 Å².